The first-order valence-corrected chi connectivity index (χ1v) is 7.87. The standard InChI is InChI=1S/C19H19NO6/c1-25-18(23)16(11-13-5-3-2-4-6-13)20-19(24)26-12-17(22)14-7-9-15(21)10-8-14/h2-10,16,21H,11-12H2,1H3,(H,20,24)/t16-/m0/s1. The molecule has 0 heterocycles. The number of alkyl carbamates (subject to hydrolysis) is 1. The third-order valence-corrected chi connectivity index (χ3v) is 3.58. The van der Waals surface area contributed by atoms with Gasteiger partial charge in [0.05, 0.1) is 7.11 Å². The Hall–Kier alpha value is -3.35. The molecule has 26 heavy (non-hydrogen) atoms. The van der Waals surface area contributed by atoms with Crippen molar-refractivity contribution < 1.29 is 29.0 Å². The van der Waals surface area contributed by atoms with Crippen LogP contribution in [0.1, 0.15) is 15.9 Å². The number of hydrogen-bond acceptors (Lipinski definition) is 6. The van der Waals surface area contributed by atoms with Crippen LogP contribution in [0.5, 0.6) is 5.75 Å². The molecule has 0 aromatic heterocycles. The minimum absolute atomic E-state index is 0.0297. The predicted molar refractivity (Wildman–Crippen MR) is 92.9 cm³/mol. The molecule has 2 N–H and O–H groups in total. The van der Waals surface area contributed by atoms with Crippen LogP contribution in [0.15, 0.2) is 54.6 Å². The Balaban J connectivity index is 1.91. The number of aromatic hydroxyl groups is 1. The number of ketones is 1. The summed E-state index contributed by atoms with van der Waals surface area (Å²) in [6, 6.07) is 13.7. The van der Waals surface area contributed by atoms with Gasteiger partial charge in [-0.3, -0.25) is 4.79 Å². The largest absolute Gasteiger partial charge is 0.508 e. The molecule has 0 saturated heterocycles. The van der Waals surface area contributed by atoms with E-state index in [2.05, 4.69) is 5.32 Å². The third-order valence-electron chi connectivity index (χ3n) is 3.58. The molecule has 0 aliphatic rings. The van der Waals surface area contributed by atoms with Gasteiger partial charge in [0.25, 0.3) is 0 Å². The minimum Gasteiger partial charge on any atom is -0.508 e. The zero-order valence-electron chi connectivity index (χ0n) is 14.2. The molecule has 7 heteroatoms. The third kappa shape index (κ3) is 5.62. The minimum atomic E-state index is -0.932. The van der Waals surface area contributed by atoms with E-state index in [-0.39, 0.29) is 12.2 Å². The molecule has 2 aromatic rings. The molecule has 0 unspecified atom stereocenters. The second kappa shape index (κ2) is 9.22. The van der Waals surface area contributed by atoms with Gasteiger partial charge in [0.15, 0.2) is 12.4 Å². The zero-order chi connectivity index (χ0) is 18.9. The molecular formula is C19H19NO6. The normalized spacial score (nSPS) is 11.3. The average molecular weight is 357 g/mol. The fourth-order valence-electron chi connectivity index (χ4n) is 2.23. The fourth-order valence-corrected chi connectivity index (χ4v) is 2.23. The summed E-state index contributed by atoms with van der Waals surface area (Å²) in [5.41, 5.74) is 1.13. The highest BCUT2D eigenvalue weighted by molar-refractivity contribution is 5.98. The maximum Gasteiger partial charge on any atom is 0.408 e. The summed E-state index contributed by atoms with van der Waals surface area (Å²) in [6.07, 6.45) is -0.669. The van der Waals surface area contributed by atoms with Crippen molar-refractivity contribution in [3.05, 3.63) is 65.7 Å². The van der Waals surface area contributed by atoms with Crippen LogP contribution in [0, 0.1) is 0 Å². The summed E-state index contributed by atoms with van der Waals surface area (Å²) in [5, 5.41) is 11.6. The number of amides is 1. The Bertz CT molecular complexity index is 757. The Labute approximate surface area is 150 Å². The molecule has 2 rings (SSSR count). The van der Waals surface area contributed by atoms with E-state index >= 15 is 0 Å². The van der Waals surface area contributed by atoms with E-state index in [4.69, 9.17) is 9.47 Å². The van der Waals surface area contributed by atoms with Gasteiger partial charge in [-0.2, -0.15) is 0 Å². The van der Waals surface area contributed by atoms with Gasteiger partial charge >= 0.3 is 12.1 Å². The Morgan fingerprint density at radius 2 is 1.69 bits per heavy atom. The molecule has 0 fully saturated rings. The number of carbonyl (C=O) groups is 3. The number of nitrogens with one attached hydrogen (secondary N) is 1. The van der Waals surface area contributed by atoms with Crippen molar-refractivity contribution in [2.24, 2.45) is 0 Å². The second-order valence-electron chi connectivity index (χ2n) is 5.46. The quantitative estimate of drug-likeness (QED) is 0.581. The van der Waals surface area contributed by atoms with E-state index in [9.17, 15) is 19.5 Å². The SMILES string of the molecule is COC(=O)[C@H](Cc1ccccc1)NC(=O)OCC(=O)c1ccc(O)cc1. The predicted octanol–water partition coefficient (Wildman–Crippen LogP) is 2.09. The highest BCUT2D eigenvalue weighted by Crippen LogP contribution is 2.10. The van der Waals surface area contributed by atoms with E-state index in [0.717, 1.165) is 5.56 Å². The molecule has 0 bridgehead atoms. The summed E-state index contributed by atoms with van der Waals surface area (Å²) in [6.45, 7) is -0.490. The van der Waals surface area contributed by atoms with Crippen LogP contribution in [0.3, 0.4) is 0 Å². The molecule has 0 spiro atoms. The molecule has 1 atom stereocenters. The van der Waals surface area contributed by atoms with Crippen molar-refractivity contribution in [1.29, 1.82) is 0 Å². The number of hydrogen-bond donors (Lipinski definition) is 2. The summed E-state index contributed by atoms with van der Waals surface area (Å²) in [4.78, 5) is 35.7. The van der Waals surface area contributed by atoms with E-state index < -0.39 is 30.5 Å². The van der Waals surface area contributed by atoms with Crippen molar-refractivity contribution in [3.63, 3.8) is 0 Å². The fraction of sp³-hybridized carbons (Fsp3) is 0.211. The molecule has 0 aliphatic heterocycles. The topological polar surface area (TPSA) is 102 Å². The van der Waals surface area contributed by atoms with Crippen molar-refractivity contribution in [2.75, 3.05) is 13.7 Å². The average Bonchev–Trinajstić information content (AvgIpc) is 2.66. The zero-order valence-corrected chi connectivity index (χ0v) is 14.2. The van der Waals surface area contributed by atoms with Crippen molar-refractivity contribution in [2.45, 2.75) is 12.5 Å². The monoisotopic (exact) mass is 357 g/mol. The molecule has 0 saturated carbocycles. The van der Waals surface area contributed by atoms with Gasteiger partial charge in [0, 0.05) is 12.0 Å². The first kappa shape index (κ1) is 19.0. The Kier molecular flexibility index (Phi) is 6.73. The number of Topliss-reactive ketones (excluding diaryl/α,β-unsaturated/α-hetero) is 1. The maximum atomic E-state index is 11.9. The lowest BCUT2D eigenvalue weighted by atomic mass is 10.1. The van der Waals surface area contributed by atoms with Gasteiger partial charge in [-0.05, 0) is 29.8 Å². The van der Waals surface area contributed by atoms with Gasteiger partial charge in [-0.25, -0.2) is 9.59 Å². The number of benzene rings is 2. The molecule has 0 aliphatic carbocycles. The van der Waals surface area contributed by atoms with Crippen LogP contribution in [-0.4, -0.2) is 42.7 Å². The Morgan fingerprint density at radius 1 is 1.04 bits per heavy atom. The smallest absolute Gasteiger partial charge is 0.408 e. The Morgan fingerprint density at radius 3 is 2.31 bits per heavy atom. The number of rotatable bonds is 7. The lowest BCUT2D eigenvalue weighted by Crippen LogP contribution is -2.43. The van der Waals surface area contributed by atoms with E-state index in [1.54, 1.807) is 0 Å². The van der Waals surface area contributed by atoms with E-state index in [1.165, 1.54) is 31.4 Å². The highest BCUT2D eigenvalue weighted by Gasteiger charge is 2.23. The molecule has 7 nitrogen and oxygen atoms in total. The lowest BCUT2D eigenvalue weighted by Gasteiger charge is -2.16. The summed E-state index contributed by atoms with van der Waals surface area (Å²) >= 11 is 0. The van der Waals surface area contributed by atoms with E-state index in [0.29, 0.717) is 5.56 Å². The van der Waals surface area contributed by atoms with Gasteiger partial charge < -0.3 is 19.9 Å². The summed E-state index contributed by atoms with van der Waals surface area (Å²) < 4.78 is 9.57. The molecule has 0 radical (unpaired) electrons. The van der Waals surface area contributed by atoms with Crippen LogP contribution >= 0.6 is 0 Å². The maximum absolute atomic E-state index is 11.9. The van der Waals surface area contributed by atoms with Crippen LogP contribution in [-0.2, 0) is 20.7 Å². The van der Waals surface area contributed by atoms with Crippen molar-refractivity contribution in [1.82, 2.24) is 5.32 Å². The van der Waals surface area contributed by atoms with Crippen LogP contribution in [0.25, 0.3) is 0 Å². The molecular weight excluding hydrogens is 338 g/mol. The van der Waals surface area contributed by atoms with Crippen molar-refractivity contribution in [3.8, 4) is 5.75 Å². The number of esters is 1. The number of carbonyl (C=O) groups excluding carboxylic acids is 3. The highest BCUT2D eigenvalue weighted by atomic mass is 16.6. The molecule has 2 aromatic carbocycles. The molecule has 1 amide bonds. The number of ether oxygens (including phenoxy) is 2. The first-order chi connectivity index (χ1) is 12.5. The van der Waals surface area contributed by atoms with E-state index in [1.807, 2.05) is 30.3 Å². The van der Waals surface area contributed by atoms with Gasteiger partial charge in [-0.15, -0.1) is 0 Å². The lowest BCUT2D eigenvalue weighted by molar-refractivity contribution is -0.142. The van der Waals surface area contributed by atoms with Gasteiger partial charge in [0.1, 0.15) is 11.8 Å². The van der Waals surface area contributed by atoms with Gasteiger partial charge in [-0.1, -0.05) is 30.3 Å². The number of methoxy groups -OCH3 is 1. The van der Waals surface area contributed by atoms with Crippen molar-refractivity contribution >= 4 is 17.8 Å². The van der Waals surface area contributed by atoms with Gasteiger partial charge in [0.2, 0.25) is 0 Å². The summed E-state index contributed by atoms with van der Waals surface area (Å²) in [7, 11) is 1.22. The first-order valence-electron chi connectivity index (χ1n) is 7.87. The second-order valence-corrected chi connectivity index (χ2v) is 5.46. The van der Waals surface area contributed by atoms with Crippen LogP contribution < -0.4 is 5.32 Å². The van der Waals surface area contributed by atoms with Crippen LogP contribution in [0.2, 0.25) is 0 Å². The van der Waals surface area contributed by atoms with Crippen LogP contribution in [0.4, 0.5) is 4.79 Å². The molecule has 136 valence electrons. The number of phenolic OH excluding ortho intramolecular Hbond substituents is 1. The number of phenols is 1. The summed E-state index contributed by atoms with van der Waals surface area (Å²) in [5.74, 6) is -1.02.